The van der Waals surface area contributed by atoms with Crippen LogP contribution in [0, 0.1) is 22.9 Å². The minimum atomic E-state index is -1.04. The van der Waals surface area contributed by atoms with E-state index in [-0.39, 0.29) is 40.3 Å². The maximum absolute atomic E-state index is 14.1. The van der Waals surface area contributed by atoms with Crippen molar-refractivity contribution in [1.29, 1.82) is 0 Å². The quantitative estimate of drug-likeness (QED) is 0.264. The average Bonchev–Trinajstić information content (AvgIpc) is 3.09. The number of carbonyl (C=O) groups excluding carboxylic acids is 1. The summed E-state index contributed by atoms with van der Waals surface area (Å²) in [6, 6.07) is 5.70. The number of nitro benzene ring substituents is 1. The number of halogens is 1. The molecule has 3 aromatic rings. The van der Waals surface area contributed by atoms with Crippen molar-refractivity contribution in [2.24, 2.45) is 0 Å². The van der Waals surface area contributed by atoms with Gasteiger partial charge in [-0.25, -0.2) is 9.78 Å². The largest absolute Gasteiger partial charge is 0.494 e. The second kappa shape index (κ2) is 9.60. The number of carbonyl (C=O) groups is 1. The Morgan fingerprint density at radius 1 is 1.27 bits per heavy atom. The Bertz CT molecular complexity index is 1390. The third-order valence-corrected chi connectivity index (χ3v) is 5.80. The van der Waals surface area contributed by atoms with Gasteiger partial charge in [0.05, 0.1) is 35.2 Å². The van der Waals surface area contributed by atoms with E-state index < -0.39 is 22.4 Å². The van der Waals surface area contributed by atoms with Crippen molar-refractivity contribution < 1.29 is 23.6 Å². The first-order valence-corrected chi connectivity index (χ1v) is 11.5. The molecule has 0 aliphatic carbocycles. The van der Waals surface area contributed by atoms with Gasteiger partial charge in [0.1, 0.15) is 11.3 Å². The zero-order chi connectivity index (χ0) is 27.1. The molecule has 1 aromatic carbocycles. The molecule has 194 valence electrons. The first-order chi connectivity index (χ1) is 17.4. The van der Waals surface area contributed by atoms with Gasteiger partial charge in [-0.3, -0.25) is 15.1 Å². The smallest absolute Gasteiger partial charge is 0.343 e. The Morgan fingerprint density at radius 3 is 2.65 bits per heavy atom. The van der Waals surface area contributed by atoms with Crippen molar-refractivity contribution in [3.8, 4) is 5.75 Å². The average molecular weight is 511 g/mol. The summed E-state index contributed by atoms with van der Waals surface area (Å²) in [4.78, 5) is 38.8. The number of nitrogens with zero attached hydrogens (tertiary/aromatic N) is 5. The van der Waals surface area contributed by atoms with Crippen LogP contribution in [0.2, 0.25) is 0 Å². The number of aryl methyl sites for hydroxylation is 1. The molecular weight excluding hydrogens is 483 g/mol. The molecule has 12 heteroatoms. The van der Waals surface area contributed by atoms with E-state index in [4.69, 9.17) is 14.5 Å². The number of nitrogens with one attached hydrogen (secondary N) is 1. The molecule has 0 unspecified atom stereocenters. The second-order valence-corrected chi connectivity index (χ2v) is 9.56. The molecule has 37 heavy (non-hydrogen) atoms. The normalized spacial score (nSPS) is 13.9. The lowest BCUT2D eigenvalue weighted by molar-refractivity contribution is -0.387. The van der Waals surface area contributed by atoms with Crippen LogP contribution in [0.3, 0.4) is 0 Å². The van der Waals surface area contributed by atoms with E-state index in [1.165, 1.54) is 13.3 Å². The van der Waals surface area contributed by atoms with Crippen LogP contribution in [0.15, 0.2) is 30.5 Å². The van der Waals surface area contributed by atoms with Crippen molar-refractivity contribution >= 4 is 34.8 Å². The van der Waals surface area contributed by atoms with E-state index in [1.807, 2.05) is 37.8 Å². The Labute approximate surface area is 212 Å². The molecule has 0 saturated carbocycles. The van der Waals surface area contributed by atoms with Gasteiger partial charge >= 0.3 is 11.7 Å². The van der Waals surface area contributed by atoms with Gasteiger partial charge in [-0.15, -0.1) is 0 Å². The summed E-state index contributed by atoms with van der Waals surface area (Å²) in [5.41, 5.74) is 1.65. The van der Waals surface area contributed by atoms with Gasteiger partial charge in [-0.2, -0.15) is 9.37 Å². The molecule has 11 nitrogen and oxygen atoms in total. The second-order valence-electron chi connectivity index (χ2n) is 9.56. The first-order valence-electron chi connectivity index (χ1n) is 11.5. The summed E-state index contributed by atoms with van der Waals surface area (Å²) in [6.45, 7) is 9.96. The monoisotopic (exact) mass is 510 g/mol. The molecule has 1 aliphatic heterocycles. The van der Waals surface area contributed by atoms with Gasteiger partial charge < -0.3 is 19.7 Å². The Kier molecular flexibility index (Phi) is 6.68. The highest BCUT2D eigenvalue weighted by atomic mass is 19.1. The number of fused-ring (bicyclic) bond motifs is 1. The van der Waals surface area contributed by atoms with E-state index >= 15 is 0 Å². The van der Waals surface area contributed by atoms with Crippen LogP contribution in [0.5, 0.6) is 5.75 Å². The van der Waals surface area contributed by atoms with Crippen LogP contribution in [0.4, 0.5) is 33.2 Å². The molecule has 4 rings (SSSR count). The van der Waals surface area contributed by atoms with Crippen molar-refractivity contribution in [2.75, 3.05) is 23.9 Å². The van der Waals surface area contributed by atoms with Crippen LogP contribution in [-0.4, -0.2) is 45.6 Å². The van der Waals surface area contributed by atoms with Crippen LogP contribution in [-0.2, 0) is 10.2 Å². The lowest BCUT2D eigenvalue weighted by Gasteiger charge is -2.23. The van der Waals surface area contributed by atoms with Crippen LogP contribution in [0.1, 0.15) is 49.4 Å². The summed E-state index contributed by atoms with van der Waals surface area (Å²) in [5.74, 6) is -1.33. The number of esters is 1. The molecule has 1 aliphatic rings. The summed E-state index contributed by atoms with van der Waals surface area (Å²) in [6.07, 6.45) is 0.959. The predicted molar refractivity (Wildman–Crippen MR) is 134 cm³/mol. The summed E-state index contributed by atoms with van der Waals surface area (Å²) in [7, 11) is 1.31. The van der Waals surface area contributed by atoms with Gasteiger partial charge in [0.2, 0.25) is 11.8 Å². The molecule has 0 atom stereocenters. The van der Waals surface area contributed by atoms with Gasteiger partial charge in [0, 0.05) is 36.0 Å². The number of hydrogen-bond donors (Lipinski definition) is 1. The molecular formula is C25H27FN6O5. The van der Waals surface area contributed by atoms with Gasteiger partial charge in [0.25, 0.3) is 0 Å². The highest BCUT2D eigenvalue weighted by Gasteiger charge is 2.39. The number of methoxy groups -OCH3 is 1. The first kappa shape index (κ1) is 25.7. The van der Waals surface area contributed by atoms with E-state index in [0.29, 0.717) is 6.54 Å². The third-order valence-electron chi connectivity index (χ3n) is 5.80. The van der Waals surface area contributed by atoms with Crippen LogP contribution < -0.4 is 15.0 Å². The Balaban J connectivity index is 1.83. The number of rotatable bonds is 7. The highest BCUT2D eigenvalue weighted by Crippen LogP contribution is 2.44. The van der Waals surface area contributed by atoms with Crippen molar-refractivity contribution in [2.45, 2.75) is 46.1 Å². The number of hydrogen-bond acceptors (Lipinski definition) is 10. The highest BCUT2D eigenvalue weighted by molar-refractivity contribution is 5.96. The molecule has 0 bridgehead atoms. The van der Waals surface area contributed by atoms with Crippen LogP contribution >= 0.6 is 0 Å². The number of pyridine rings is 1. The lowest BCUT2D eigenvalue weighted by Crippen LogP contribution is -2.28. The fourth-order valence-corrected chi connectivity index (χ4v) is 4.14. The maximum Gasteiger partial charge on any atom is 0.343 e. The molecule has 0 amide bonds. The Morgan fingerprint density at radius 2 is 2.00 bits per heavy atom. The fraction of sp³-hybridized carbons (Fsp3) is 0.360. The fourth-order valence-electron chi connectivity index (χ4n) is 4.14. The molecule has 0 saturated heterocycles. The van der Waals surface area contributed by atoms with Gasteiger partial charge in [0.15, 0.2) is 5.82 Å². The minimum absolute atomic E-state index is 0.0154. The van der Waals surface area contributed by atoms with Crippen molar-refractivity contribution in [1.82, 2.24) is 15.0 Å². The molecule has 0 spiro atoms. The predicted octanol–water partition coefficient (Wildman–Crippen LogP) is 4.97. The number of nitro groups is 1. The minimum Gasteiger partial charge on any atom is -0.494 e. The molecule has 0 fully saturated rings. The molecule has 0 radical (unpaired) electrons. The van der Waals surface area contributed by atoms with Gasteiger partial charge in [-0.05, 0) is 32.9 Å². The third kappa shape index (κ3) is 4.99. The SMILES string of the molecule is COc1cc(F)c([N+](=O)[O-])cc1Nc1ncc(C(=O)OC(C)C)c(N2CC(C)(C)c3nc(C)ccc32)n1. The zero-order valence-corrected chi connectivity index (χ0v) is 21.3. The number of anilines is 4. The van der Waals surface area contributed by atoms with Crippen molar-refractivity contribution in [3.63, 3.8) is 0 Å². The maximum atomic E-state index is 14.1. The van der Waals surface area contributed by atoms with Crippen LogP contribution in [0.25, 0.3) is 0 Å². The standard InChI is InChI=1S/C25H27FN6O5/c1-13(2)37-23(33)15-11-27-24(29-17-10-19(32(34)35)16(26)9-20(17)36-6)30-22(15)31-12-25(4,5)21-18(31)8-7-14(3)28-21/h7-11,13H,12H2,1-6H3,(H,27,29,30). The topological polar surface area (TPSA) is 133 Å². The lowest BCUT2D eigenvalue weighted by atomic mass is 9.91. The molecule has 2 aromatic heterocycles. The molecule has 3 heterocycles. The number of aromatic nitrogens is 3. The van der Waals surface area contributed by atoms with E-state index in [1.54, 1.807) is 13.8 Å². The van der Waals surface area contributed by atoms with Crippen molar-refractivity contribution in [3.05, 3.63) is 63.3 Å². The number of benzene rings is 1. The van der Waals surface area contributed by atoms with Gasteiger partial charge in [-0.1, -0.05) is 13.8 Å². The van der Waals surface area contributed by atoms with E-state index in [0.717, 1.165) is 29.2 Å². The summed E-state index contributed by atoms with van der Waals surface area (Å²) < 4.78 is 24.7. The molecule has 1 N–H and O–H groups in total. The van der Waals surface area contributed by atoms with E-state index in [9.17, 15) is 19.3 Å². The Hall–Kier alpha value is -4.35. The summed E-state index contributed by atoms with van der Waals surface area (Å²) >= 11 is 0. The summed E-state index contributed by atoms with van der Waals surface area (Å²) in [5, 5.41) is 14.1. The van der Waals surface area contributed by atoms with E-state index in [2.05, 4.69) is 15.3 Å². The zero-order valence-electron chi connectivity index (χ0n) is 21.3. The number of ether oxygens (including phenoxy) is 2.